The SMILES string of the molecule is Cc1ccc(N2C[C@@H](CNC(=O)NC(C)(C)C)CC2=O)cc1. The molecule has 5 nitrogen and oxygen atoms in total. The van der Waals surface area contributed by atoms with E-state index in [-0.39, 0.29) is 23.4 Å². The first-order valence-corrected chi connectivity index (χ1v) is 7.67. The summed E-state index contributed by atoms with van der Waals surface area (Å²) in [6, 6.07) is 7.76. The van der Waals surface area contributed by atoms with E-state index in [4.69, 9.17) is 0 Å². The molecule has 0 aliphatic carbocycles. The van der Waals surface area contributed by atoms with Crippen molar-refractivity contribution in [1.29, 1.82) is 0 Å². The van der Waals surface area contributed by atoms with Crippen LogP contribution in [0.15, 0.2) is 24.3 Å². The molecular formula is C17H25N3O2. The third-order valence-corrected chi connectivity index (χ3v) is 3.59. The molecule has 1 aromatic rings. The molecule has 0 radical (unpaired) electrons. The topological polar surface area (TPSA) is 61.4 Å². The van der Waals surface area contributed by atoms with Crippen LogP contribution in [0.5, 0.6) is 0 Å². The summed E-state index contributed by atoms with van der Waals surface area (Å²) in [7, 11) is 0. The Morgan fingerprint density at radius 3 is 2.50 bits per heavy atom. The lowest BCUT2D eigenvalue weighted by Gasteiger charge is -2.21. The predicted molar refractivity (Wildman–Crippen MR) is 87.9 cm³/mol. The molecule has 1 aliphatic heterocycles. The van der Waals surface area contributed by atoms with E-state index < -0.39 is 0 Å². The number of carbonyl (C=O) groups is 2. The van der Waals surface area contributed by atoms with Crippen LogP contribution in [0.1, 0.15) is 32.8 Å². The summed E-state index contributed by atoms with van der Waals surface area (Å²) in [6.45, 7) is 8.99. The first-order chi connectivity index (χ1) is 10.2. The van der Waals surface area contributed by atoms with Crippen molar-refractivity contribution < 1.29 is 9.59 Å². The highest BCUT2D eigenvalue weighted by Crippen LogP contribution is 2.24. The molecule has 3 amide bonds. The van der Waals surface area contributed by atoms with E-state index in [0.29, 0.717) is 19.5 Å². The Morgan fingerprint density at radius 2 is 1.91 bits per heavy atom. The number of hydrogen-bond donors (Lipinski definition) is 2. The molecule has 1 atom stereocenters. The van der Waals surface area contributed by atoms with Crippen molar-refractivity contribution >= 4 is 17.6 Å². The number of nitrogens with zero attached hydrogens (tertiary/aromatic N) is 1. The second-order valence-electron chi connectivity index (χ2n) is 7.00. The highest BCUT2D eigenvalue weighted by atomic mass is 16.2. The smallest absolute Gasteiger partial charge is 0.315 e. The van der Waals surface area contributed by atoms with Crippen LogP contribution in [0, 0.1) is 12.8 Å². The van der Waals surface area contributed by atoms with E-state index in [1.54, 1.807) is 4.90 Å². The molecule has 22 heavy (non-hydrogen) atoms. The van der Waals surface area contributed by atoms with Gasteiger partial charge < -0.3 is 15.5 Å². The Balaban J connectivity index is 1.87. The van der Waals surface area contributed by atoms with E-state index >= 15 is 0 Å². The van der Waals surface area contributed by atoms with Crippen LogP contribution >= 0.6 is 0 Å². The maximum Gasteiger partial charge on any atom is 0.315 e. The average molecular weight is 303 g/mol. The number of aryl methyl sites for hydroxylation is 1. The van der Waals surface area contributed by atoms with Crippen LogP contribution in [0.4, 0.5) is 10.5 Å². The Bertz CT molecular complexity index is 546. The van der Waals surface area contributed by atoms with Gasteiger partial charge in [0.15, 0.2) is 0 Å². The fourth-order valence-corrected chi connectivity index (χ4v) is 2.51. The molecule has 2 rings (SSSR count). The summed E-state index contributed by atoms with van der Waals surface area (Å²) in [5.74, 6) is 0.270. The molecule has 120 valence electrons. The van der Waals surface area contributed by atoms with Crippen LogP contribution in [0.2, 0.25) is 0 Å². The van der Waals surface area contributed by atoms with Crippen molar-refractivity contribution in [1.82, 2.24) is 10.6 Å². The average Bonchev–Trinajstić information content (AvgIpc) is 2.77. The van der Waals surface area contributed by atoms with Gasteiger partial charge in [-0.2, -0.15) is 0 Å². The second-order valence-corrected chi connectivity index (χ2v) is 7.00. The van der Waals surface area contributed by atoms with Gasteiger partial charge in [-0.05, 0) is 39.8 Å². The molecule has 1 heterocycles. The molecule has 0 aromatic heterocycles. The van der Waals surface area contributed by atoms with Crippen LogP contribution in [-0.4, -0.2) is 30.6 Å². The minimum atomic E-state index is -0.260. The number of amides is 3. The van der Waals surface area contributed by atoms with Crippen molar-refractivity contribution in [2.24, 2.45) is 5.92 Å². The zero-order chi connectivity index (χ0) is 16.3. The Morgan fingerprint density at radius 1 is 1.27 bits per heavy atom. The predicted octanol–water partition coefficient (Wildman–Crippen LogP) is 2.45. The van der Waals surface area contributed by atoms with Gasteiger partial charge in [0.2, 0.25) is 5.91 Å². The van der Waals surface area contributed by atoms with Crippen molar-refractivity contribution in [2.45, 2.75) is 39.7 Å². The summed E-state index contributed by atoms with van der Waals surface area (Å²) < 4.78 is 0. The molecule has 1 saturated heterocycles. The monoisotopic (exact) mass is 303 g/mol. The molecule has 0 bridgehead atoms. The van der Waals surface area contributed by atoms with Crippen molar-refractivity contribution in [3.8, 4) is 0 Å². The zero-order valence-electron chi connectivity index (χ0n) is 13.8. The molecule has 0 saturated carbocycles. The molecule has 1 aliphatic rings. The van der Waals surface area contributed by atoms with Crippen LogP contribution in [0.25, 0.3) is 0 Å². The molecule has 5 heteroatoms. The minimum absolute atomic E-state index is 0.117. The normalized spacial score (nSPS) is 18.5. The van der Waals surface area contributed by atoms with Gasteiger partial charge in [-0.15, -0.1) is 0 Å². The summed E-state index contributed by atoms with van der Waals surface area (Å²) in [5.41, 5.74) is 1.84. The van der Waals surface area contributed by atoms with Gasteiger partial charge in [0.1, 0.15) is 0 Å². The second kappa shape index (κ2) is 6.38. The van der Waals surface area contributed by atoms with Crippen LogP contribution < -0.4 is 15.5 Å². The van der Waals surface area contributed by atoms with E-state index in [2.05, 4.69) is 10.6 Å². The Labute approximate surface area is 132 Å². The van der Waals surface area contributed by atoms with Crippen molar-refractivity contribution in [2.75, 3.05) is 18.0 Å². The summed E-state index contributed by atoms with van der Waals surface area (Å²) >= 11 is 0. The lowest BCUT2D eigenvalue weighted by atomic mass is 10.1. The summed E-state index contributed by atoms with van der Waals surface area (Å²) in [4.78, 5) is 25.7. The number of carbonyl (C=O) groups excluding carboxylic acids is 2. The molecule has 1 aromatic carbocycles. The highest BCUT2D eigenvalue weighted by Gasteiger charge is 2.30. The first-order valence-electron chi connectivity index (χ1n) is 7.67. The summed E-state index contributed by atoms with van der Waals surface area (Å²) in [6.07, 6.45) is 0.476. The van der Waals surface area contributed by atoms with Crippen LogP contribution in [0.3, 0.4) is 0 Å². The Kier molecular flexibility index (Phi) is 4.74. The molecular weight excluding hydrogens is 278 g/mol. The lowest BCUT2D eigenvalue weighted by molar-refractivity contribution is -0.117. The standard InChI is InChI=1S/C17H25N3O2/c1-12-5-7-14(8-6-12)20-11-13(9-15(20)21)10-18-16(22)19-17(2,3)4/h5-8,13H,9-11H2,1-4H3,(H2,18,19,22)/t13-/m1/s1. The maximum absolute atomic E-state index is 12.1. The number of rotatable bonds is 3. The fourth-order valence-electron chi connectivity index (χ4n) is 2.51. The number of benzene rings is 1. The lowest BCUT2D eigenvalue weighted by Crippen LogP contribution is -2.47. The van der Waals surface area contributed by atoms with Gasteiger partial charge in [0.05, 0.1) is 0 Å². The minimum Gasteiger partial charge on any atom is -0.338 e. The molecule has 0 unspecified atom stereocenters. The van der Waals surface area contributed by atoms with Gasteiger partial charge in [-0.1, -0.05) is 17.7 Å². The van der Waals surface area contributed by atoms with E-state index in [0.717, 1.165) is 5.69 Å². The van der Waals surface area contributed by atoms with Gasteiger partial charge in [-0.3, -0.25) is 4.79 Å². The number of nitrogens with one attached hydrogen (secondary N) is 2. The van der Waals surface area contributed by atoms with E-state index in [1.165, 1.54) is 5.56 Å². The molecule has 0 spiro atoms. The first kappa shape index (κ1) is 16.3. The third kappa shape index (κ3) is 4.48. The van der Waals surface area contributed by atoms with Gasteiger partial charge in [0.25, 0.3) is 0 Å². The van der Waals surface area contributed by atoms with E-state index in [9.17, 15) is 9.59 Å². The molecule has 1 fully saturated rings. The van der Waals surface area contributed by atoms with Crippen molar-refractivity contribution in [3.05, 3.63) is 29.8 Å². The zero-order valence-corrected chi connectivity index (χ0v) is 13.8. The summed E-state index contributed by atoms with van der Waals surface area (Å²) in [5, 5.41) is 5.71. The number of urea groups is 1. The van der Waals surface area contributed by atoms with Gasteiger partial charge in [-0.25, -0.2) is 4.79 Å². The van der Waals surface area contributed by atoms with E-state index in [1.807, 2.05) is 52.0 Å². The van der Waals surface area contributed by atoms with Gasteiger partial charge in [0, 0.05) is 36.7 Å². The third-order valence-electron chi connectivity index (χ3n) is 3.59. The number of hydrogen-bond acceptors (Lipinski definition) is 2. The Hall–Kier alpha value is -2.04. The quantitative estimate of drug-likeness (QED) is 0.901. The number of anilines is 1. The molecule has 2 N–H and O–H groups in total. The van der Waals surface area contributed by atoms with Gasteiger partial charge >= 0.3 is 6.03 Å². The van der Waals surface area contributed by atoms with Crippen molar-refractivity contribution in [3.63, 3.8) is 0 Å². The fraction of sp³-hybridized carbons (Fsp3) is 0.529. The van der Waals surface area contributed by atoms with Crippen LogP contribution in [-0.2, 0) is 4.79 Å². The largest absolute Gasteiger partial charge is 0.338 e. The maximum atomic E-state index is 12.1. The highest BCUT2D eigenvalue weighted by molar-refractivity contribution is 5.95.